The molecule has 0 radical (unpaired) electrons. The molecule has 2 aromatic rings. The van der Waals surface area contributed by atoms with E-state index in [9.17, 15) is 4.79 Å². The van der Waals surface area contributed by atoms with Crippen molar-refractivity contribution >= 4 is 29.0 Å². The Morgan fingerprint density at radius 2 is 2.27 bits per heavy atom. The molecule has 22 heavy (non-hydrogen) atoms. The maximum Gasteiger partial charge on any atom is 0.232 e. The number of hydrogen-bond donors (Lipinski definition) is 0. The van der Waals surface area contributed by atoms with Crippen LogP contribution in [-0.2, 0) is 4.79 Å². The van der Waals surface area contributed by atoms with Crippen LogP contribution in [0.25, 0.3) is 0 Å². The number of rotatable bonds is 5. The van der Waals surface area contributed by atoms with Gasteiger partial charge in [0.05, 0.1) is 12.3 Å². The van der Waals surface area contributed by atoms with Gasteiger partial charge in [-0.05, 0) is 12.1 Å². The summed E-state index contributed by atoms with van der Waals surface area (Å²) in [6.45, 7) is 0.933. The molecule has 2 heterocycles. The molecule has 3 rings (SSSR count). The topological polar surface area (TPSA) is 64.6 Å². The van der Waals surface area contributed by atoms with Gasteiger partial charge >= 0.3 is 0 Å². The quantitative estimate of drug-likeness (QED) is 0.777. The van der Waals surface area contributed by atoms with E-state index in [0.717, 1.165) is 15.8 Å². The highest BCUT2D eigenvalue weighted by Gasteiger charge is 2.23. The van der Waals surface area contributed by atoms with Crippen molar-refractivity contribution in [2.75, 3.05) is 26.0 Å². The van der Waals surface area contributed by atoms with Crippen molar-refractivity contribution in [3.63, 3.8) is 0 Å². The fourth-order valence-corrected chi connectivity index (χ4v) is 3.45. The zero-order valence-corrected chi connectivity index (χ0v) is 13.6. The molecule has 8 heteroatoms. The molecule has 1 aromatic carbocycles. The van der Waals surface area contributed by atoms with Crippen molar-refractivity contribution < 1.29 is 14.3 Å². The first-order chi connectivity index (χ1) is 10.7. The normalized spacial score (nSPS) is 16.3. The van der Waals surface area contributed by atoms with Crippen LogP contribution in [0.4, 0.5) is 0 Å². The van der Waals surface area contributed by atoms with Gasteiger partial charge in [-0.15, -0.1) is 10.2 Å². The summed E-state index contributed by atoms with van der Waals surface area (Å²) in [4.78, 5) is 13.8. The molecule has 1 amide bonds. The highest BCUT2D eigenvalue weighted by molar-refractivity contribution is 8.01. The Morgan fingerprint density at radius 3 is 3.05 bits per heavy atom. The third kappa shape index (κ3) is 3.69. The largest absolute Gasteiger partial charge is 0.486 e. The second-order valence-corrected chi connectivity index (χ2v) is 6.82. The molecule has 0 fully saturated rings. The molecule has 1 aliphatic rings. The van der Waals surface area contributed by atoms with Crippen molar-refractivity contribution in [1.82, 2.24) is 15.1 Å². The first-order valence-corrected chi connectivity index (χ1v) is 8.60. The molecule has 1 atom stereocenters. The molecular formula is C14H15N3O3S2. The van der Waals surface area contributed by atoms with E-state index >= 15 is 0 Å². The molecular weight excluding hydrogens is 322 g/mol. The summed E-state index contributed by atoms with van der Waals surface area (Å²) in [6, 6.07) is 7.55. The summed E-state index contributed by atoms with van der Waals surface area (Å²) >= 11 is 2.83. The predicted octanol–water partition coefficient (Wildman–Crippen LogP) is 1.93. The molecule has 0 N–H and O–H groups in total. The monoisotopic (exact) mass is 337 g/mol. The average Bonchev–Trinajstić information content (AvgIpc) is 3.06. The molecule has 0 bridgehead atoms. The highest BCUT2D eigenvalue weighted by atomic mass is 32.2. The fraction of sp³-hybridized carbons (Fsp3) is 0.357. The van der Waals surface area contributed by atoms with Gasteiger partial charge in [0.1, 0.15) is 12.1 Å². The minimum Gasteiger partial charge on any atom is -0.486 e. The average molecular weight is 337 g/mol. The van der Waals surface area contributed by atoms with Gasteiger partial charge in [0.2, 0.25) is 5.91 Å². The van der Waals surface area contributed by atoms with Crippen LogP contribution in [0.3, 0.4) is 0 Å². The lowest BCUT2D eigenvalue weighted by atomic mass is 10.2. The number of fused-ring (bicyclic) bond motifs is 1. The van der Waals surface area contributed by atoms with Crippen molar-refractivity contribution in [3.05, 3.63) is 29.8 Å². The Morgan fingerprint density at radius 1 is 1.45 bits per heavy atom. The standard InChI is InChI=1S/C14H15N3O3S2/c1-17(13(18)8-21-14-16-15-9-22-14)6-10-7-19-11-4-2-3-5-12(11)20-10/h2-5,9-10H,6-8H2,1H3/t10-/m1/s1. The van der Waals surface area contributed by atoms with Crippen LogP contribution in [0.1, 0.15) is 0 Å². The summed E-state index contributed by atoms with van der Waals surface area (Å²) < 4.78 is 12.3. The molecule has 116 valence electrons. The zero-order chi connectivity index (χ0) is 15.4. The van der Waals surface area contributed by atoms with Gasteiger partial charge in [-0.2, -0.15) is 0 Å². The smallest absolute Gasteiger partial charge is 0.232 e. The summed E-state index contributed by atoms with van der Waals surface area (Å²) in [5.74, 6) is 1.85. The number of carbonyl (C=O) groups excluding carboxylic acids is 1. The van der Waals surface area contributed by atoms with Gasteiger partial charge in [-0.25, -0.2) is 0 Å². The zero-order valence-electron chi connectivity index (χ0n) is 12.0. The van der Waals surface area contributed by atoms with E-state index in [0.29, 0.717) is 18.9 Å². The molecule has 1 aromatic heterocycles. The van der Waals surface area contributed by atoms with Crippen LogP contribution in [0.5, 0.6) is 11.5 Å². The molecule has 0 saturated carbocycles. The van der Waals surface area contributed by atoms with E-state index in [1.54, 1.807) is 17.5 Å². The van der Waals surface area contributed by atoms with Crippen molar-refractivity contribution in [3.8, 4) is 11.5 Å². The number of carbonyl (C=O) groups is 1. The number of para-hydroxylation sites is 2. The van der Waals surface area contributed by atoms with Crippen LogP contribution in [0, 0.1) is 0 Å². The maximum atomic E-state index is 12.1. The number of ether oxygens (including phenoxy) is 2. The molecule has 0 saturated heterocycles. The number of aromatic nitrogens is 2. The third-order valence-electron chi connectivity index (χ3n) is 3.13. The summed E-state index contributed by atoms with van der Waals surface area (Å²) in [5.41, 5.74) is 1.65. The van der Waals surface area contributed by atoms with E-state index in [-0.39, 0.29) is 12.0 Å². The first-order valence-electron chi connectivity index (χ1n) is 6.74. The van der Waals surface area contributed by atoms with Gasteiger partial charge in [0.25, 0.3) is 0 Å². The van der Waals surface area contributed by atoms with E-state index < -0.39 is 0 Å². The minimum absolute atomic E-state index is 0.0302. The molecule has 0 unspecified atom stereocenters. The van der Waals surface area contributed by atoms with Gasteiger partial charge < -0.3 is 14.4 Å². The van der Waals surface area contributed by atoms with E-state index in [1.807, 2.05) is 24.3 Å². The predicted molar refractivity (Wildman–Crippen MR) is 84.6 cm³/mol. The van der Waals surface area contributed by atoms with E-state index in [4.69, 9.17) is 9.47 Å². The molecule has 1 aliphatic heterocycles. The number of likely N-dealkylation sites (N-methyl/N-ethyl adjacent to an activating group) is 1. The highest BCUT2D eigenvalue weighted by Crippen LogP contribution is 2.31. The summed E-state index contributed by atoms with van der Waals surface area (Å²) in [6.07, 6.45) is -0.157. The maximum absolute atomic E-state index is 12.1. The Labute approximate surface area is 136 Å². The second-order valence-electron chi connectivity index (χ2n) is 4.77. The van der Waals surface area contributed by atoms with Crippen LogP contribution in [0.2, 0.25) is 0 Å². The lowest BCUT2D eigenvalue weighted by molar-refractivity contribution is -0.128. The second kappa shape index (κ2) is 6.97. The van der Waals surface area contributed by atoms with Crippen molar-refractivity contribution in [1.29, 1.82) is 0 Å². The van der Waals surface area contributed by atoms with Gasteiger partial charge in [-0.1, -0.05) is 35.2 Å². The fourth-order valence-electron chi connectivity index (χ4n) is 2.02. The van der Waals surface area contributed by atoms with Crippen LogP contribution in [0.15, 0.2) is 34.1 Å². The Bertz CT molecular complexity index is 636. The van der Waals surface area contributed by atoms with Crippen molar-refractivity contribution in [2.24, 2.45) is 0 Å². The Balaban J connectivity index is 1.49. The van der Waals surface area contributed by atoms with E-state index in [2.05, 4.69) is 10.2 Å². The van der Waals surface area contributed by atoms with Gasteiger partial charge in [0, 0.05) is 7.05 Å². The Kier molecular flexibility index (Phi) is 4.79. The van der Waals surface area contributed by atoms with E-state index in [1.165, 1.54) is 23.1 Å². The van der Waals surface area contributed by atoms with Crippen molar-refractivity contribution in [2.45, 2.75) is 10.4 Å². The van der Waals surface area contributed by atoms with Crippen LogP contribution >= 0.6 is 23.1 Å². The number of thioether (sulfide) groups is 1. The van der Waals surface area contributed by atoms with Gasteiger partial charge in [-0.3, -0.25) is 4.79 Å². The molecule has 6 nitrogen and oxygen atoms in total. The number of hydrogen-bond acceptors (Lipinski definition) is 7. The summed E-state index contributed by atoms with van der Waals surface area (Å²) in [5, 5.41) is 7.65. The van der Waals surface area contributed by atoms with Gasteiger partial charge in [0.15, 0.2) is 21.9 Å². The number of benzene rings is 1. The molecule has 0 spiro atoms. The van der Waals surface area contributed by atoms with Crippen LogP contribution in [-0.4, -0.2) is 53.1 Å². The SMILES string of the molecule is CN(C[C@@H]1COc2ccccc2O1)C(=O)CSc1nncs1. The Hall–Kier alpha value is -1.80. The lowest BCUT2D eigenvalue weighted by Gasteiger charge is -2.29. The lowest BCUT2D eigenvalue weighted by Crippen LogP contribution is -2.42. The number of amides is 1. The minimum atomic E-state index is -0.157. The number of nitrogens with zero attached hydrogens (tertiary/aromatic N) is 3. The van der Waals surface area contributed by atoms with Crippen LogP contribution < -0.4 is 9.47 Å². The third-order valence-corrected chi connectivity index (χ3v) is 4.98. The molecule has 0 aliphatic carbocycles. The first kappa shape index (κ1) is 15.1. The summed E-state index contributed by atoms with van der Waals surface area (Å²) in [7, 11) is 1.77.